The van der Waals surface area contributed by atoms with Gasteiger partial charge in [0.1, 0.15) is 6.61 Å². The van der Waals surface area contributed by atoms with Crippen LogP contribution in [0, 0.1) is 11.3 Å². The van der Waals surface area contributed by atoms with Gasteiger partial charge in [0.15, 0.2) is 13.9 Å². The molecule has 1 heterocycles. The average molecular weight is 382 g/mol. The minimum Gasteiger partial charge on any atom is -0.461 e. The van der Waals surface area contributed by atoms with Crippen LogP contribution in [0.15, 0.2) is 5.16 Å². The lowest BCUT2D eigenvalue weighted by molar-refractivity contribution is -0.167. The molecule has 0 aromatic carbocycles. The Morgan fingerprint density at radius 3 is 2.62 bits per heavy atom. The van der Waals surface area contributed by atoms with E-state index in [1.165, 1.54) is 13.3 Å². The Balaban J connectivity index is 1.87. The smallest absolute Gasteiger partial charge is 0.302 e. The number of oxime groups is 1. The van der Waals surface area contributed by atoms with Crippen LogP contribution in [0.3, 0.4) is 0 Å². The van der Waals surface area contributed by atoms with E-state index in [2.05, 4.69) is 45.9 Å². The summed E-state index contributed by atoms with van der Waals surface area (Å²) in [6.45, 7) is 15.5. The zero-order valence-corrected chi connectivity index (χ0v) is 18.5. The first-order valence-electron chi connectivity index (χ1n) is 9.97. The zero-order valence-electron chi connectivity index (χ0n) is 17.5. The summed E-state index contributed by atoms with van der Waals surface area (Å²) in [5.74, 6) is -0.0693. The predicted octanol–water partition coefficient (Wildman–Crippen LogP) is 4.67. The predicted molar refractivity (Wildman–Crippen MR) is 105 cm³/mol. The van der Waals surface area contributed by atoms with E-state index in [0.717, 1.165) is 31.4 Å². The lowest BCUT2D eigenvalue weighted by Gasteiger charge is -2.52. The highest BCUT2D eigenvalue weighted by Crippen LogP contribution is 2.58. The Morgan fingerprint density at radius 2 is 2.00 bits per heavy atom. The molecular formula is C20H35NO4Si. The maximum absolute atomic E-state index is 11.4. The quantitative estimate of drug-likeness (QED) is 0.525. The molecule has 0 saturated heterocycles. The highest BCUT2D eigenvalue weighted by molar-refractivity contribution is 6.74. The molecule has 3 rings (SSSR count). The first kappa shape index (κ1) is 19.9. The van der Waals surface area contributed by atoms with Gasteiger partial charge in [-0.15, -0.1) is 0 Å². The molecule has 148 valence electrons. The fourth-order valence-electron chi connectivity index (χ4n) is 4.82. The summed E-state index contributed by atoms with van der Waals surface area (Å²) in [6, 6.07) is 0. The van der Waals surface area contributed by atoms with Crippen molar-refractivity contribution < 1.29 is 18.8 Å². The minimum absolute atomic E-state index is 0.0336. The maximum atomic E-state index is 11.4. The van der Waals surface area contributed by atoms with Crippen molar-refractivity contribution >= 4 is 20.0 Å². The molecule has 26 heavy (non-hydrogen) atoms. The summed E-state index contributed by atoms with van der Waals surface area (Å²) >= 11 is 0. The Labute approximate surface area is 159 Å². The van der Waals surface area contributed by atoms with E-state index in [1.807, 2.05) is 0 Å². The number of hydrogen-bond donors (Lipinski definition) is 0. The molecule has 4 atom stereocenters. The monoisotopic (exact) mass is 381 g/mol. The van der Waals surface area contributed by atoms with Crippen molar-refractivity contribution in [2.24, 2.45) is 16.5 Å². The van der Waals surface area contributed by atoms with Crippen LogP contribution >= 0.6 is 0 Å². The highest BCUT2D eigenvalue weighted by Gasteiger charge is 2.63. The van der Waals surface area contributed by atoms with Crippen molar-refractivity contribution in [3.05, 3.63) is 0 Å². The van der Waals surface area contributed by atoms with E-state index in [-0.39, 0.29) is 28.4 Å². The first-order chi connectivity index (χ1) is 11.9. The van der Waals surface area contributed by atoms with E-state index >= 15 is 0 Å². The molecule has 0 aromatic heterocycles. The number of carbonyl (C=O) groups is 1. The van der Waals surface area contributed by atoms with Gasteiger partial charge in [-0.25, -0.2) is 0 Å². The maximum Gasteiger partial charge on any atom is 0.302 e. The van der Waals surface area contributed by atoms with Crippen molar-refractivity contribution in [1.82, 2.24) is 0 Å². The topological polar surface area (TPSA) is 57.1 Å². The van der Waals surface area contributed by atoms with Crippen LogP contribution in [0.1, 0.15) is 66.7 Å². The first-order valence-corrected chi connectivity index (χ1v) is 12.9. The van der Waals surface area contributed by atoms with Crippen LogP contribution in [-0.4, -0.2) is 38.3 Å². The number of rotatable bonds is 4. The van der Waals surface area contributed by atoms with Gasteiger partial charge in [0.05, 0.1) is 17.7 Å². The number of nitrogens with zero attached hydrogens (tertiary/aromatic N) is 1. The van der Waals surface area contributed by atoms with Gasteiger partial charge in [0.2, 0.25) is 0 Å². The summed E-state index contributed by atoms with van der Waals surface area (Å²) in [5, 5.41) is 4.73. The second-order valence-corrected chi connectivity index (χ2v) is 15.1. The SMILES string of the molecule is CC(=O)OC[C@]12CCC[C@]3(C)CC[C@H](O[Si](C)(C)C(C)(C)C)C(=NO1)[C@@H]32. The molecule has 5 nitrogen and oxygen atoms in total. The number of hydrogen-bond acceptors (Lipinski definition) is 5. The fraction of sp³-hybridized carbons (Fsp3) is 0.900. The molecule has 3 aliphatic rings. The molecule has 2 aliphatic carbocycles. The Morgan fingerprint density at radius 1 is 1.31 bits per heavy atom. The summed E-state index contributed by atoms with van der Waals surface area (Å²) in [5.41, 5.74) is 0.722. The van der Waals surface area contributed by atoms with Crippen molar-refractivity contribution in [3.8, 4) is 0 Å². The third kappa shape index (κ3) is 3.24. The van der Waals surface area contributed by atoms with Gasteiger partial charge < -0.3 is 14.0 Å². The molecule has 0 amide bonds. The molecule has 0 spiro atoms. The van der Waals surface area contributed by atoms with E-state index in [1.54, 1.807) is 0 Å². The Bertz CT molecular complexity index is 611. The molecule has 0 unspecified atom stereocenters. The van der Waals surface area contributed by atoms with Gasteiger partial charge in [0.25, 0.3) is 0 Å². The van der Waals surface area contributed by atoms with Crippen LogP contribution in [-0.2, 0) is 18.8 Å². The van der Waals surface area contributed by atoms with Gasteiger partial charge in [-0.3, -0.25) is 4.79 Å². The van der Waals surface area contributed by atoms with Crippen molar-refractivity contribution in [3.63, 3.8) is 0 Å². The number of ether oxygens (including phenoxy) is 1. The van der Waals surface area contributed by atoms with Gasteiger partial charge in [-0.05, 0) is 55.7 Å². The van der Waals surface area contributed by atoms with Crippen LogP contribution in [0.5, 0.6) is 0 Å². The molecule has 0 aromatic rings. The van der Waals surface area contributed by atoms with E-state index in [0.29, 0.717) is 6.61 Å². The summed E-state index contributed by atoms with van der Waals surface area (Å²) in [4.78, 5) is 17.5. The number of esters is 1. The standard InChI is InChI=1S/C20H35NO4Si/c1-14(22)23-13-20-11-8-10-19(5)12-9-15(16(17(19)20)21-25-20)24-26(6,7)18(2,3)4/h15,17H,8-13H2,1-7H3/t15-,17-,19+,20-/m0/s1. The van der Waals surface area contributed by atoms with Crippen LogP contribution < -0.4 is 0 Å². The normalized spacial score (nSPS) is 36.8. The average Bonchev–Trinajstić information content (AvgIpc) is 2.90. The summed E-state index contributed by atoms with van der Waals surface area (Å²) < 4.78 is 12.2. The molecule has 0 N–H and O–H groups in total. The van der Waals surface area contributed by atoms with Crippen LogP contribution in [0.2, 0.25) is 18.1 Å². The van der Waals surface area contributed by atoms with E-state index in [9.17, 15) is 4.79 Å². The van der Waals surface area contributed by atoms with Crippen LogP contribution in [0.25, 0.3) is 0 Å². The van der Waals surface area contributed by atoms with E-state index in [4.69, 9.17) is 14.0 Å². The third-order valence-corrected chi connectivity index (χ3v) is 11.8. The fourth-order valence-corrected chi connectivity index (χ4v) is 6.12. The number of carbonyl (C=O) groups excluding carboxylic acids is 1. The van der Waals surface area contributed by atoms with Gasteiger partial charge in [-0.1, -0.05) is 32.9 Å². The molecule has 0 bridgehead atoms. The minimum atomic E-state index is -1.90. The molecule has 6 heteroatoms. The summed E-state index contributed by atoms with van der Waals surface area (Å²) in [6.07, 6.45) is 5.30. The molecular weight excluding hydrogens is 346 g/mol. The summed E-state index contributed by atoms with van der Waals surface area (Å²) in [7, 11) is -1.90. The molecule has 2 fully saturated rings. The van der Waals surface area contributed by atoms with Gasteiger partial charge in [-0.2, -0.15) is 0 Å². The van der Waals surface area contributed by atoms with E-state index < -0.39 is 13.9 Å². The zero-order chi connectivity index (χ0) is 19.4. The van der Waals surface area contributed by atoms with Gasteiger partial charge >= 0.3 is 5.97 Å². The second kappa shape index (κ2) is 6.33. The molecule has 1 aliphatic heterocycles. The Kier molecular flexibility index (Phi) is 4.84. The lowest BCUT2D eigenvalue weighted by atomic mass is 9.54. The van der Waals surface area contributed by atoms with Crippen molar-refractivity contribution in [1.29, 1.82) is 0 Å². The third-order valence-electron chi connectivity index (χ3n) is 7.27. The van der Waals surface area contributed by atoms with Crippen molar-refractivity contribution in [2.45, 2.75) is 96.6 Å². The Hall–Kier alpha value is -0.883. The molecule has 2 saturated carbocycles. The largest absolute Gasteiger partial charge is 0.461 e. The van der Waals surface area contributed by atoms with Crippen LogP contribution in [0.4, 0.5) is 0 Å². The second-order valence-electron chi connectivity index (χ2n) is 10.3. The highest BCUT2D eigenvalue weighted by atomic mass is 28.4. The van der Waals surface area contributed by atoms with Gasteiger partial charge in [0, 0.05) is 6.92 Å². The van der Waals surface area contributed by atoms with Crippen molar-refractivity contribution in [2.75, 3.05) is 6.61 Å². The molecule has 0 radical (unpaired) electrons. The lowest BCUT2D eigenvalue weighted by Crippen LogP contribution is -2.59.